The smallest absolute Gasteiger partial charge is 0.337 e. The van der Waals surface area contributed by atoms with Gasteiger partial charge in [0, 0.05) is 25.4 Å². The molecule has 0 aliphatic carbocycles. The Morgan fingerprint density at radius 1 is 1.13 bits per heavy atom. The van der Waals surface area contributed by atoms with Gasteiger partial charge in [0.05, 0.1) is 35.7 Å². The van der Waals surface area contributed by atoms with Gasteiger partial charge in [-0.2, -0.15) is 0 Å². The average Bonchev–Trinajstić information content (AvgIpc) is 2.90. The Morgan fingerprint density at radius 2 is 1.79 bits per heavy atom. The molecular weight excluding hydrogens is 506 g/mol. The summed E-state index contributed by atoms with van der Waals surface area (Å²) in [6.45, 7) is 3.64. The predicted molar refractivity (Wildman–Crippen MR) is 143 cm³/mol. The Balaban J connectivity index is 1.89. The summed E-state index contributed by atoms with van der Waals surface area (Å²) in [5, 5.41) is 21.7. The van der Waals surface area contributed by atoms with Crippen molar-refractivity contribution in [1.82, 2.24) is 4.57 Å². The van der Waals surface area contributed by atoms with Gasteiger partial charge in [0.15, 0.2) is 18.3 Å². The van der Waals surface area contributed by atoms with Crippen molar-refractivity contribution in [3.8, 4) is 11.5 Å². The minimum Gasteiger partial charge on any atom is -0.496 e. The number of fused-ring (bicyclic) bond motifs is 5. The highest BCUT2D eigenvalue weighted by atomic mass is 16.6. The number of aromatic nitrogens is 1. The molecule has 3 aromatic carbocycles. The van der Waals surface area contributed by atoms with Crippen LogP contribution in [-0.2, 0) is 26.1 Å². The molecule has 204 valence electrons. The van der Waals surface area contributed by atoms with E-state index in [2.05, 4.69) is 0 Å². The largest absolute Gasteiger partial charge is 0.496 e. The third kappa shape index (κ3) is 4.25. The summed E-state index contributed by atoms with van der Waals surface area (Å²) in [5.74, 6) is -1.22. The number of aliphatic hydroxyl groups is 2. The molecule has 0 spiro atoms. The van der Waals surface area contributed by atoms with Gasteiger partial charge in [-0.1, -0.05) is 24.3 Å². The summed E-state index contributed by atoms with van der Waals surface area (Å²) in [7, 11) is 3.23. The van der Waals surface area contributed by atoms with Crippen LogP contribution in [0.3, 0.4) is 0 Å². The van der Waals surface area contributed by atoms with Gasteiger partial charge in [0.25, 0.3) is 0 Å². The lowest BCUT2D eigenvalue weighted by Gasteiger charge is -2.44. The van der Waals surface area contributed by atoms with E-state index in [1.54, 1.807) is 31.5 Å². The average molecular weight is 536 g/mol. The van der Waals surface area contributed by atoms with Gasteiger partial charge < -0.3 is 33.7 Å². The van der Waals surface area contributed by atoms with Crippen LogP contribution in [0.25, 0.3) is 32.6 Å². The van der Waals surface area contributed by atoms with Crippen LogP contribution in [0.1, 0.15) is 32.4 Å². The summed E-state index contributed by atoms with van der Waals surface area (Å²) < 4.78 is 25.0. The van der Waals surface area contributed by atoms with E-state index in [4.69, 9.17) is 18.9 Å². The molecule has 10 heteroatoms. The van der Waals surface area contributed by atoms with Crippen molar-refractivity contribution in [3.63, 3.8) is 0 Å². The number of hydrogen-bond donors (Lipinski definition) is 2. The number of pyridine rings is 1. The molecule has 0 bridgehead atoms. The SMILES string of the molecule is COc1cc2c(c3c1c(=O)c1cc4ccccc4cc1n3C)C(OC(C)=O)C(OC(=O)C(O)CO)C(C)(C)O2. The Labute approximate surface area is 223 Å². The number of benzene rings is 3. The van der Waals surface area contributed by atoms with Gasteiger partial charge in [0.2, 0.25) is 5.43 Å². The van der Waals surface area contributed by atoms with Crippen molar-refractivity contribution in [3.05, 3.63) is 58.3 Å². The lowest BCUT2D eigenvalue weighted by Crippen LogP contribution is -2.53. The maximum atomic E-state index is 14.0. The van der Waals surface area contributed by atoms with Gasteiger partial charge >= 0.3 is 11.9 Å². The molecule has 0 saturated carbocycles. The fourth-order valence-electron chi connectivity index (χ4n) is 5.31. The maximum Gasteiger partial charge on any atom is 0.337 e. The number of ether oxygens (including phenoxy) is 4. The van der Waals surface area contributed by atoms with Crippen LogP contribution < -0.4 is 14.9 Å². The van der Waals surface area contributed by atoms with Crippen LogP contribution in [0.5, 0.6) is 11.5 Å². The van der Waals surface area contributed by atoms with Crippen molar-refractivity contribution >= 4 is 44.5 Å². The molecule has 4 aromatic rings. The van der Waals surface area contributed by atoms with E-state index in [9.17, 15) is 24.6 Å². The van der Waals surface area contributed by atoms with Crippen molar-refractivity contribution in [1.29, 1.82) is 0 Å². The number of methoxy groups -OCH3 is 1. The van der Waals surface area contributed by atoms with E-state index in [-0.39, 0.29) is 22.3 Å². The van der Waals surface area contributed by atoms with Crippen LogP contribution in [0.4, 0.5) is 0 Å². The molecule has 1 aliphatic rings. The first kappa shape index (κ1) is 26.5. The molecule has 2 heterocycles. The van der Waals surface area contributed by atoms with Crippen molar-refractivity contribution in [2.24, 2.45) is 7.05 Å². The second kappa shape index (κ2) is 9.55. The zero-order valence-electron chi connectivity index (χ0n) is 22.2. The van der Waals surface area contributed by atoms with E-state index in [0.29, 0.717) is 22.0 Å². The number of nitrogens with zero attached hydrogens (tertiary/aromatic N) is 1. The molecular formula is C29H29NO9. The molecule has 0 fully saturated rings. The molecule has 1 aliphatic heterocycles. The van der Waals surface area contributed by atoms with Crippen LogP contribution in [-0.4, -0.2) is 58.2 Å². The Morgan fingerprint density at radius 3 is 2.41 bits per heavy atom. The molecule has 5 rings (SSSR count). The monoisotopic (exact) mass is 535 g/mol. The Bertz CT molecular complexity index is 1700. The second-order valence-corrected chi connectivity index (χ2v) is 10.1. The number of aryl methyl sites for hydroxylation is 1. The summed E-state index contributed by atoms with van der Waals surface area (Å²) in [6.07, 6.45) is -4.25. The molecule has 3 atom stereocenters. The summed E-state index contributed by atoms with van der Waals surface area (Å²) in [5.41, 5.74) is -0.229. The van der Waals surface area contributed by atoms with Crippen molar-refractivity contribution in [2.75, 3.05) is 13.7 Å². The van der Waals surface area contributed by atoms with E-state index >= 15 is 0 Å². The van der Waals surface area contributed by atoms with Crippen LogP contribution >= 0.6 is 0 Å². The molecule has 10 nitrogen and oxygen atoms in total. The molecule has 0 amide bonds. The lowest BCUT2D eigenvalue weighted by molar-refractivity contribution is -0.196. The van der Waals surface area contributed by atoms with Gasteiger partial charge in [0.1, 0.15) is 17.1 Å². The summed E-state index contributed by atoms with van der Waals surface area (Å²) in [6, 6.07) is 13.0. The first-order valence-electron chi connectivity index (χ1n) is 12.4. The first-order chi connectivity index (χ1) is 18.5. The minimum absolute atomic E-state index is 0.238. The Hall–Kier alpha value is -4.15. The zero-order valence-corrected chi connectivity index (χ0v) is 22.2. The molecule has 1 aromatic heterocycles. The lowest BCUT2D eigenvalue weighted by atomic mass is 9.86. The van der Waals surface area contributed by atoms with Crippen LogP contribution in [0.2, 0.25) is 0 Å². The van der Waals surface area contributed by atoms with Crippen molar-refractivity contribution < 1.29 is 38.7 Å². The number of carbonyl (C=O) groups is 2. The van der Waals surface area contributed by atoms with Gasteiger partial charge in [-0.3, -0.25) is 9.59 Å². The molecule has 3 unspecified atom stereocenters. The van der Waals surface area contributed by atoms with Crippen molar-refractivity contribution in [2.45, 2.75) is 44.7 Å². The summed E-state index contributed by atoms with van der Waals surface area (Å²) >= 11 is 0. The highest BCUT2D eigenvalue weighted by molar-refractivity contribution is 6.04. The standard InChI is InChI=1S/C29H29NO9/c1-14(32)37-26-23-21(39-29(2,3)27(26)38-28(35)19(33)13-31)12-20(36-5)22-24(23)30(4)18-11-16-9-7-6-8-15(16)10-17(18)25(22)34/h6-12,19,26-27,31,33H,13H2,1-5H3. The highest BCUT2D eigenvalue weighted by Crippen LogP contribution is 2.49. The number of aliphatic hydroxyl groups excluding tert-OH is 2. The molecule has 0 saturated heterocycles. The Kier molecular flexibility index (Phi) is 6.48. The summed E-state index contributed by atoms with van der Waals surface area (Å²) in [4.78, 5) is 38.9. The third-order valence-electron chi connectivity index (χ3n) is 7.12. The van der Waals surface area contributed by atoms with E-state index < -0.39 is 42.5 Å². The van der Waals surface area contributed by atoms with E-state index in [0.717, 1.165) is 10.8 Å². The fourth-order valence-corrected chi connectivity index (χ4v) is 5.31. The highest BCUT2D eigenvalue weighted by Gasteiger charge is 2.50. The number of esters is 2. The minimum atomic E-state index is -1.80. The predicted octanol–water partition coefficient (Wildman–Crippen LogP) is 2.89. The van der Waals surface area contributed by atoms with Crippen LogP contribution in [0, 0.1) is 0 Å². The quantitative estimate of drug-likeness (QED) is 0.292. The number of carbonyl (C=O) groups excluding carboxylic acids is 2. The zero-order chi connectivity index (χ0) is 28.2. The third-order valence-corrected chi connectivity index (χ3v) is 7.12. The van der Waals surface area contributed by atoms with Gasteiger partial charge in [-0.15, -0.1) is 0 Å². The topological polar surface area (TPSA) is 134 Å². The van der Waals surface area contributed by atoms with Gasteiger partial charge in [-0.05, 0) is 36.8 Å². The molecule has 0 radical (unpaired) electrons. The maximum absolute atomic E-state index is 14.0. The van der Waals surface area contributed by atoms with Crippen LogP contribution in [0.15, 0.2) is 47.3 Å². The van der Waals surface area contributed by atoms with Gasteiger partial charge in [-0.25, -0.2) is 4.79 Å². The van der Waals surface area contributed by atoms with E-state index in [1.807, 2.05) is 36.4 Å². The molecule has 2 N–H and O–H groups in total. The fraction of sp³-hybridized carbons (Fsp3) is 0.345. The number of hydrogen-bond acceptors (Lipinski definition) is 9. The first-order valence-corrected chi connectivity index (χ1v) is 12.4. The van der Waals surface area contributed by atoms with E-state index in [1.165, 1.54) is 14.0 Å². The normalized spacial score (nSPS) is 18.8. The number of rotatable bonds is 5. The second-order valence-electron chi connectivity index (χ2n) is 10.1. The molecule has 39 heavy (non-hydrogen) atoms.